The van der Waals surface area contributed by atoms with Crippen molar-refractivity contribution in [3.05, 3.63) is 72.2 Å². The summed E-state index contributed by atoms with van der Waals surface area (Å²) >= 11 is 0. The summed E-state index contributed by atoms with van der Waals surface area (Å²) in [6.07, 6.45) is 4.05. The van der Waals surface area contributed by atoms with Crippen molar-refractivity contribution in [2.75, 3.05) is 13.2 Å². The minimum Gasteiger partial charge on any atom is -0.396 e. The van der Waals surface area contributed by atoms with Gasteiger partial charge in [0.15, 0.2) is 0 Å². The number of aromatic nitrogens is 2. The van der Waals surface area contributed by atoms with Crippen LogP contribution < -0.4 is 5.32 Å². The molecule has 2 heterocycles. The lowest BCUT2D eigenvalue weighted by molar-refractivity contribution is 0.0941. The van der Waals surface area contributed by atoms with E-state index in [0.717, 1.165) is 16.6 Å². The number of carbonyl (C=O) groups is 1. The van der Waals surface area contributed by atoms with Gasteiger partial charge in [0.1, 0.15) is 0 Å². The van der Waals surface area contributed by atoms with Crippen LogP contribution in [0.5, 0.6) is 0 Å². The van der Waals surface area contributed by atoms with E-state index < -0.39 is 0 Å². The molecule has 0 aliphatic heterocycles. The molecule has 1 unspecified atom stereocenters. The number of hydrogen-bond acceptors (Lipinski definition) is 4. The summed E-state index contributed by atoms with van der Waals surface area (Å²) in [6.45, 7) is 0.385. The molecule has 2 N–H and O–H groups in total. The molecule has 5 heteroatoms. The maximum Gasteiger partial charge on any atom is 0.251 e. The first-order valence-corrected chi connectivity index (χ1v) is 7.90. The maximum absolute atomic E-state index is 12.5. The normalized spacial score (nSPS) is 12.0. The number of nitrogens with zero attached hydrogens (tertiary/aromatic N) is 2. The molecule has 1 amide bonds. The smallest absolute Gasteiger partial charge is 0.251 e. The van der Waals surface area contributed by atoms with Crippen molar-refractivity contribution in [3.8, 4) is 0 Å². The van der Waals surface area contributed by atoms with E-state index in [1.807, 2.05) is 42.5 Å². The molecule has 2 aromatic heterocycles. The van der Waals surface area contributed by atoms with Gasteiger partial charge in [0, 0.05) is 48.1 Å². The van der Waals surface area contributed by atoms with Gasteiger partial charge < -0.3 is 10.4 Å². The molecule has 3 rings (SSSR count). The molecule has 0 saturated carbocycles. The third-order valence-corrected chi connectivity index (χ3v) is 3.92. The molecule has 1 aromatic carbocycles. The van der Waals surface area contributed by atoms with Gasteiger partial charge in [-0.2, -0.15) is 0 Å². The molecule has 0 aliphatic rings. The van der Waals surface area contributed by atoms with Gasteiger partial charge in [0.25, 0.3) is 5.91 Å². The van der Waals surface area contributed by atoms with Gasteiger partial charge in [-0.1, -0.05) is 18.2 Å². The summed E-state index contributed by atoms with van der Waals surface area (Å²) in [5.74, 6) is -0.231. The summed E-state index contributed by atoms with van der Waals surface area (Å²) in [6, 6.07) is 14.9. The molecule has 0 aliphatic carbocycles. The van der Waals surface area contributed by atoms with Crippen molar-refractivity contribution < 1.29 is 9.90 Å². The van der Waals surface area contributed by atoms with Crippen LogP contribution in [0.4, 0.5) is 0 Å². The summed E-state index contributed by atoms with van der Waals surface area (Å²) in [5, 5.41) is 13.3. The molecule has 0 spiro atoms. The van der Waals surface area contributed by atoms with Crippen LogP contribution >= 0.6 is 0 Å². The first kappa shape index (κ1) is 16.1. The topological polar surface area (TPSA) is 75.1 Å². The van der Waals surface area contributed by atoms with E-state index in [-0.39, 0.29) is 18.4 Å². The lowest BCUT2D eigenvalue weighted by atomic mass is 10.0. The Hall–Kier alpha value is -2.79. The Morgan fingerprint density at radius 2 is 1.92 bits per heavy atom. The van der Waals surface area contributed by atoms with Crippen LogP contribution in [0.25, 0.3) is 10.9 Å². The van der Waals surface area contributed by atoms with Crippen LogP contribution in [-0.2, 0) is 6.42 Å². The zero-order valence-electron chi connectivity index (χ0n) is 13.2. The number of aliphatic hydroxyl groups is 1. The Bertz CT molecular complexity index is 816. The number of hydrogen-bond donors (Lipinski definition) is 2. The van der Waals surface area contributed by atoms with Crippen molar-refractivity contribution >= 4 is 16.8 Å². The molecule has 24 heavy (non-hydrogen) atoms. The highest BCUT2D eigenvalue weighted by Gasteiger charge is 2.14. The highest BCUT2D eigenvalue weighted by Crippen LogP contribution is 2.16. The van der Waals surface area contributed by atoms with Crippen LogP contribution in [0.3, 0.4) is 0 Å². The summed E-state index contributed by atoms with van der Waals surface area (Å²) < 4.78 is 0. The zero-order chi connectivity index (χ0) is 16.8. The Balaban J connectivity index is 1.67. The highest BCUT2D eigenvalue weighted by molar-refractivity contribution is 6.06. The average molecular weight is 321 g/mol. The minimum absolute atomic E-state index is 0.00600. The molecule has 3 aromatic rings. The fourth-order valence-corrected chi connectivity index (χ4v) is 2.65. The fraction of sp³-hybridized carbons (Fsp3) is 0.211. The number of rotatable bonds is 6. The zero-order valence-corrected chi connectivity index (χ0v) is 13.2. The van der Waals surface area contributed by atoms with Crippen molar-refractivity contribution in [2.24, 2.45) is 5.92 Å². The van der Waals surface area contributed by atoms with Gasteiger partial charge >= 0.3 is 0 Å². The predicted molar refractivity (Wildman–Crippen MR) is 92.6 cm³/mol. The Labute approximate surface area is 140 Å². The monoisotopic (exact) mass is 321 g/mol. The number of amides is 1. The summed E-state index contributed by atoms with van der Waals surface area (Å²) in [4.78, 5) is 21.0. The largest absolute Gasteiger partial charge is 0.396 e. The number of nitrogens with one attached hydrogen (secondary N) is 1. The van der Waals surface area contributed by atoms with E-state index >= 15 is 0 Å². The SMILES string of the molecule is O=C(NCC(CO)Cc1ccccn1)c1cccc2ncccc12. The third kappa shape index (κ3) is 3.75. The quantitative estimate of drug-likeness (QED) is 0.730. The van der Waals surface area contributed by atoms with E-state index in [1.54, 1.807) is 18.5 Å². The number of carbonyl (C=O) groups excluding carboxylic acids is 1. The van der Waals surface area contributed by atoms with Crippen LogP contribution in [0.2, 0.25) is 0 Å². The molecule has 0 fully saturated rings. The second-order valence-corrected chi connectivity index (χ2v) is 5.66. The van der Waals surface area contributed by atoms with Gasteiger partial charge in [-0.15, -0.1) is 0 Å². The standard InChI is InChI=1S/C19H19N3O2/c23-13-14(11-15-5-1-2-9-20-15)12-22-19(24)17-6-3-8-18-16(17)7-4-10-21-18/h1-10,14,23H,11-13H2,(H,22,24). The third-order valence-electron chi connectivity index (χ3n) is 3.92. The molecular weight excluding hydrogens is 302 g/mol. The maximum atomic E-state index is 12.5. The minimum atomic E-state index is -0.159. The van der Waals surface area contributed by atoms with Crippen LogP contribution in [-0.4, -0.2) is 34.1 Å². The molecule has 1 atom stereocenters. The Morgan fingerprint density at radius 3 is 2.71 bits per heavy atom. The molecular formula is C19H19N3O2. The molecule has 122 valence electrons. The van der Waals surface area contributed by atoms with Crippen LogP contribution in [0, 0.1) is 5.92 Å². The Kier molecular flexibility index (Phi) is 5.13. The van der Waals surface area contributed by atoms with Gasteiger partial charge in [-0.05, 0) is 36.8 Å². The number of pyridine rings is 2. The fourth-order valence-electron chi connectivity index (χ4n) is 2.65. The first-order chi connectivity index (χ1) is 11.8. The van der Waals surface area contributed by atoms with Crippen molar-refractivity contribution in [1.29, 1.82) is 0 Å². The second kappa shape index (κ2) is 7.66. The number of aliphatic hydroxyl groups excluding tert-OH is 1. The second-order valence-electron chi connectivity index (χ2n) is 5.66. The van der Waals surface area contributed by atoms with E-state index in [4.69, 9.17) is 0 Å². The molecule has 0 bridgehead atoms. The highest BCUT2D eigenvalue weighted by atomic mass is 16.3. The number of benzene rings is 1. The van der Waals surface area contributed by atoms with Crippen LogP contribution in [0.15, 0.2) is 60.9 Å². The molecule has 5 nitrogen and oxygen atoms in total. The Morgan fingerprint density at radius 1 is 1.04 bits per heavy atom. The molecule has 0 saturated heterocycles. The number of fused-ring (bicyclic) bond motifs is 1. The van der Waals surface area contributed by atoms with E-state index in [0.29, 0.717) is 18.5 Å². The van der Waals surface area contributed by atoms with Gasteiger partial charge in [0.2, 0.25) is 0 Å². The van der Waals surface area contributed by atoms with E-state index in [9.17, 15) is 9.90 Å². The lowest BCUT2D eigenvalue weighted by Crippen LogP contribution is -2.32. The van der Waals surface area contributed by atoms with E-state index in [1.165, 1.54) is 0 Å². The van der Waals surface area contributed by atoms with Gasteiger partial charge in [0.05, 0.1) is 5.52 Å². The lowest BCUT2D eigenvalue weighted by Gasteiger charge is -2.15. The molecule has 0 radical (unpaired) electrons. The van der Waals surface area contributed by atoms with Crippen LogP contribution in [0.1, 0.15) is 16.1 Å². The van der Waals surface area contributed by atoms with Gasteiger partial charge in [-0.3, -0.25) is 14.8 Å². The van der Waals surface area contributed by atoms with Crippen molar-refractivity contribution in [2.45, 2.75) is 6.42 Å². The summed E-state index contributed by atoms with van der Waals surface area (Å²) in [5.41, 5.74) is 2.28. The van der Waals surface area contributed by atoms with Crippen molar-refractivity contribution in [3.63, 3.8) is 0 Å². The van der Waals surface area contributed by atoms with E-state index in [2.05, 4.69) is 15.3 Å². The summed E-state index contributed by atoms with van der Waals surface area (Å²) in [7, 11) is 0. The first-order valence-electron chi connectivity index (χ1n) is 7.90. The van der Waals surface area contributed by atoms with Crippen molar-refractivity contribution in [1.82, 2.24) is 15.3 Å². The average Bonchev–Trinajstić information content (AvgIpc) is 2.65. The van der Waals surface area contributed by atoms with Gasteiger partial charge in [-0.25, -0.2) is 0 Å². The predicted octanol–water partition coefficient (Wildman–Crippen LogP) is 2.21.